The van der Waals surface area contributed by atoms with E-state index < -0.39 is 12.1 Å². The summed E-state index contributed by atoms with van der Waals surface area (Å²) in [7, 11) is 0. The fourth-order valence-electron chi connectivity index (χ4n) is 2.54. The third-order valence-corrected chi connectivity index (χ3v) is 3.65. The van der Waals surface area contributed by atoms with Gasteiger partial charge in [-0.1, -0.05) is 0 Å². The molecule has 1 saturated heterocycles. The molecular formula is C15H20N2O4. The van der Waals surface area contributed by atoms with Crippen LogP contribution in [0.4, 0.5) is 11.4 Å². The maximum Gasteiger partial charge on any atom is 0.335 e. The lowest BCUT2D eigenvalue weighted by Crippen LogP contribution is -2.39. The summed E-state index contributed by atoms with van der Waals surface area (Å²) in [6, 6.07) is 4.38. The van der Waals surface area contributed by atoms with Crippen LogP contribution in [0.3, 0.4) is 0 Å². The second kappa shape index (κ2) is 6.13. The minimum Gasteiger partial charge on any atom is -0.478 e. The van der Waals surface area contributed by atoms with Crippen molar-refractivity contribution in [1.82, 2.24) is 0 Å². The number of nitrogen functional groups attached to an aromatic ring is 1. The summed E-state index contributed by atoms with van der Waals surface area (Å²) in [6.45, 7) is 4.24. The standard InChI is InChI=1S/C15H20N2O4/c1-3-17(14(18)13-7-4-9(2)21-13)12-6-5-10(15(19)20)8-11(12)16/h5-6,8-9,13H,3-4,7,16H2,1-2H3,(H,19,20). The molecule has 0 bridgehead atoms. The van der Waals surface area contributed by atoms with Crippen LogP contribution in [0, 0.1) is 0 Å². The SMILES string of the molecule is CCN(C(=O)C1CCC(C)O1)c1ccc(C(=O)O)cc1N. The highest BCUT2D eigenvalue weighted by Gasteiger charge is 2.32. The number of aromatic carboxylic acids is 1. The van der Waals surface area contributed by atoms with Crippen molar-refractivity contribution in [3.8, 4) is 0 Å². The van der Waals surface area contributed by atoms with Crippen molar-refractivity contribution in [2.75, 3.05) is 17.2 Å². The average Bonchev–Trinajstić information content (AvgIpc) is 2.87. The van der Waals surface area contributed by atoms with Crippen molar-refractivity contribution in [2.45, 2.75) is 38.9 Å². The largest absolute Gasteiger partial charge is 0.478 e. The van der Waals surface area contributed by atoms with Gasteiger partial charge < -0.3 is 20.5 Å². The van der Waals surface area contributed by atoms with E-state index in [1.54, 1.807) is 11.0 Å². The number of carbonyl (C=O) groups excluding carboxylic acids is 1. The molecule has 0 spiro atoms. The second-order valence-corrected chi connectivity index (χ2v) is 5.17. The van der Waals surface area contributed by atoms with Gasteiger partial charge >= 0.3 is 5.97 Å². The predicted molar refractivity (Wildman–Crippen MR) is 79.4 cm³/mol. The van der Waals surface area contributed by atoms with Gasteiger partial charge in [-0.2, -0.15) is 0 Å². The zero-order chi connectivity index (χ0) is 15.6. The quantitative estimate of drug-likeness (QED) is 0.827. The number of amides is 1. The lowest BCUT2D eigenvalue weighted by molar-refractivity contribution is -0.128. The molecule has 1 aliphatic rings. The summed E-state index contributed by atoms with van der Waals surface area (Å²) in [5, 5.41) is 8.95. The van der Waals surface area contributed by atoms with Crippen molar-refractivity contribution in [3.63, 3.8) is 0 Å². The summed E-state index contributed by atoms with van der Waals surface area (Å²) in [5.41, 5.74) is 6.80. The van der Waals surface area contributed by atoms with Gasteiger partial charge in [-0.05, 0) is 44.9 Å². The first-order chi connectivity index (χ1) is 9.93. The zero-order valence-electron chi connectivity index (χ0n) is 12.2. The molecule has 1 aliphatic heterocycles. The molecule has 1 aromatic carbocycles. The van der Waals surface area contributed by atoms with E-state index in [1.165, 1.54) is 12.1 Å². The minimum absolute atomic E-state index is 0.0874. The van der Waals surface area contributed by atoms with E-state index in [4.69, 9.17) is 15.6 Å². The maximum atomic E-state index is 12.5. The number of benzene rings is 1. The molecule has 2 unspecified atom stereocenters. The van der Waals surface area contributed by atoms with Crippen LogP contribution in [0.5, 0.6) is 0 Å². The monoisotopic (exact) mass is 292 g/mol. The Balaban J connectivity index is 2.25. The first-order valence-electron chi connectivity index (χ1n) is 7.03. The summed E-state index contributed by atoms with van der Waals surface area (Å²) in [4.78, 5) is 25.0. The number of rotatable bonds is 4. The van der Waals surface area contributed by atoms with E-state index in [9.17, 15) is 9.59 Å². The smallest absolute Gasteiger partial charge is 0.335 e. The van der Waals surface area contributed by atoms with Gasteiger partial charge in [-0.15, -0.1) is 0 Å². The first kappa shape index (κ1) is 15.3. The Bertz CT molecular complexity index is 559. The fraction of sp³-hybridized carbons (Fsp3) is 0.467. The molecule has 1 amide bonds. The van der Waals surface area contributed by atoms with Gasteiger partial charge in [0, 0.05) is 6.54 Å². The molecule has 3 N–H and O–H groups in total. The van der Waals surface area contributed by atoms with Crippen LogP contribution in [-0.2, 0) is 9.53 Å². The predicted octanol–water partition coefficient (Wildman–Crippen LogP) is 1.89. The fourth-order valence-corrected chi connectivity index (χ4v) is 2.54. The molecular weight excluding hydrogens is 272 g/mol. The third-order valence-electron chi connectivity index (χ3n) is 3.65. The molecule has 1 fully saturated rings. The number of carboxylic acid groups (broad SMARTS) is 1. The number of likely N-dealkylation sites (N-methyl/N-ethyl adjacent to an activating group) is 1. The highest BCUT2D eigenvalue weighted by atomic mass is 16.5. The van der Waals surface area contributed by atoms with Crippen LogP contribution >= 0.6 is 0 Å². The first-order valence-corrected chi connectivity index (χ1v) is 7.03. The van der Waals surface area contributed by atoms with Gasteiger partial charge in [-0.3, -0.25) is 4.79 Å². The number of anilines is 2. The van der Waals surface area contributed by atoms with Crippen molar-refractivity contribution in [3.05, 3.63) is 23.8 Å². The second-order valence-electron chi connectivity index (χ2n) is 5.17. The number of ether oxygens (including phenoxy) is 1. The van der Waals surface area contributed by atoms with Gasteiger partial charge in [0.15, 0.2) is 0 Å². The molecule has 6 nitrogen and oxygen atoms in total. The molecule has 1 aromatic rings. The summed E-state index contributed by atoms with van der Waals surface area (Å²) < 4.78 is 5.60. The van der Waals surface area contributed by atoms with Crippen LogP contribution in [0.25, 0.3) is 0 Å². The topological polar surface area (TPSA) is 92.9 Å². The van der Waals surface area contributed by atoms with E-state index in [1.807, 2.05) is 13.8 Å². The Morgan fingerprint density at radius 2 is 2.14 bits per heavy atom. The van der Waals surface area contributed by atoms with E-state index in [0.29, 0.717) is 18.7 Å². The van der Waals surface area contributed by atoms with E-state index in [2.05, 4.69) is 0 Å². The van der Waals surface area contributed by atoms with Crippen LogP contribution in [0.2, 0.25) is 0 Å². The summed E-state index contributed by atoms with van der Waals surface area (Å²) >= 11 is 0. The minimum atomic E-state index is -1.05. The molecule has 0 aliphatic carbocycles. The molecule has 2 atom stereocenters. The maximum absolute atomic E-state index is 12.5. The number of carboxylic acids is 1. The lowest BCUT2D eigenvalue weighted by Gasteiger charge is -2.25. The van der Waals surface area contributed by atoms with E-state index in [0.717, 1.165) is 6.42 Å². The van der Waals surface area contributed by atoms with Crippen molar-refractivity contribution in [1.29, 1.82) is 0 Å². The summed E-state index contributed by atoms with van der Waals surface area (Å²) in [5.74, 6) is -1.17. The van der Waals surface area contributed by atoms with Crippen LogP contribution < -0.4 is 10.6 Å². The Morgan fingerprint density at radius 1 is 1.43 bits per heavy atom. The zero-order valence-corrected chi connectivity index (χ0v) is 12.2. The van der Waals surface area contributed by atoms with Crippen molar-refractivity contribution in [2.24, 2.45) is 0 Å². The molecule has 2 rings (SSSR count). The van der Waals surface area contributed by atoms with Gasteiger partial charge in [-0.25, -0.2) is 4.79 Å². The third kappa shape index (κ3) is 3.16. The molecule has 114 valence electrons. The van der Waals surface area contributed by atoms with Crippen LogP contribution in [0.1, 0.15) is 37.0 Å². The van der Waals surface area contributed by atoms with Crippen molar-refractivity contribution < 1.29 is 19.4 Å². The lowest BCUT2D eigenvalue weighted by atomic mass is 10.1. The molecule has 1 heterocycles. The van der Waals surface area contributed by atoms with Gasteiger partial charge in [0.25, 0.3) is 5.91 Å². The normalized spacial score (nSPS) is 21.2. The van der Waals surface area contributed by atoms with Crippen LogP contribution in [0.15, 0.2) is 18.2 Å². The molecule has 0 saturated carbocycles. The van der Waals surface area contributed by atoms with Gasteiger partial charge in [0.05, 0.1) is 23.0 Å². The number of hydrogen-bond acceptors (Lipinski definition) is 4. The number of hydrogen-bond donors (Lipinski definition) is 2. The highest BCUT2D eigenvalue weighted by Crippen LogP contribution is 2.28. The van der Waals surface area contributed by atoms with E-state index in [-0.39, 0.29) is 23.3 Å². The Kier molecular flexibility index (Phi) is 4.47. The van der Waals surface area contributed by atoms with Gasteiger partial charge in [0.2, 0.25) is 0 Å². The highest BCUT2D eigenvalue weighted by molar-refractivity contribution is 6.00. The molecule has 21 heavy (non-hydrogen) atoms. The Morgan fingerprint density at radius 3 is 2.62 bits per heavy atom. The molecule has 6 heteroatoms. The Labute approximate surface area is 123 Å². The molecule has 0 radical (unpaired) electrons. The van der Waals surface area contributed by atoms with Crippen molar-refractivity contribution >= 4 is 23.3 Å². The number of nitrogens with zero attached hydrogens (tertiary/aromatic N) is 1. The summed E-state index contributed by atoms with van der Waals surface area (Å²) in [6.07, 6.45) is 1.20. The molecule has 0 aromatic heterocycles. The average molecular weight is 292 g/mol. The Hall–Kier alpha value is -2.08. The van der Waals surface area contributed by atoms with E-state index >= 15 is 0 Å². The number of nitrogens with two attached hydrogens (primary N) is 1. The number of carbonyl (C=O) groups is 2. The van der Waals surface area contributed by atoms with Crippen LogP contribution in [-0.4, -0.2) is 35.7 Å². The van der Waals surface area contributed by atoms with Gasteiger partial charge in [0.1, 0.15) is 6.10 Å².